The van der Waals surface area contributed by atoms with E-state index in [0.29, 0.717) is 18.4 Å². The van der Waals surface area contributed by atoms with Crippen LogP contribution < -0.4 is 5.32 Å². The summed E-state index contributed by atoms with van der Waals surface area (Å²) in [7, 11) is 0. The monoisotopic (exact) mass is 292 g/mol. The highest BCUT2D eigenvalue weighted by Gasteiger charge is 2.23. The number of likely N-dealkylation sites (tertiary alicyclic amines) is 1. The van der Waals surface area contributed by atoms with Gasteiger partial charge in [0.05, 0.1) is 6.42 Å². The quantitative estimate of drug-likeness (QED) is 0.905. The van der Waals surface area contributed by atoms with E-state index in [2.05, 4.69) is 19.2 Å². The van der Waals surface area contributed by atoms with Crippen LogP contribution in [0.1, 0.15) is 32.3 Å². The maximum atomic E-state index is 13.2. The largest absolute Gasteiger partial charge is 0.342 e. The fraction of sp³-hybridized carbons (Fsp3) is 0.588. The number of carbonyl (C=O) groups is 1. The zero-order valence-corrected chi connectivity index (χ0v) is 12.9. The van der Waals surface area contributed by atoms with E-state index < -0.39 is 0 Å². The van der Waals surface area contributed by atoms with Gasteiger partial charge < -0.3 is 10.2 Å². The summed E-state index contributed by atoms with van der Waals surface area (Å²) in [5.74, 6) is 0.352. The minimum Gasteiger partial charge on any atom is -0.342 e. The van der Waals surface area contributed by atoms with E-state index in [1.165, 1.54) is 18.6 Å². The third kappa shape index (κ3) is 5.12. The van der Waals surface area contributed by atoms with Gasteiger partial charge >= 0.3 is 0 Å². The first-order valence-electron chi connectivity index (χ1n) is 7.80. The Balaban J connectivity index is 1.87. The molecule has 1 atom stereocenters. The van der Waals surface area contributed by atoms with E-state index in [0.717, 1.165) is 31.6 Å². The Morgan fingerprint density at radius 2 is 2.29 bits per heavy atom. The first-order valence-corrected chi connectivity index (χ1v) is 7.80. The van der Waals surface area contributed by atoms with E-state index >= 15 is 0 Å². The van der Waals surface area contributed by atoms with Crippen molar-refractivity contribution in [1.82, 2.24) is 10.2 Å². The molecule has 1 heterocycles. The van der Waals surface area contributed by atoms with Crippen molar-refractivity contribution in [2.75, 3.05) is 19.6 Å². The highest BCUT2D eigenvalue weighted by Crippen LogP contribution is 2.17. The summed E-state index contributed by atoms with van der Waals surface area (Å²) in [4.78, 5) is 14.3. The van der Waals surface area contributed by atoms with Crippen LogP contribution in [0, 0.1) is 11.7 Å². The Hall–Kier alpha value is -1.42. The normalized spacial score (nSPS) is 19.0. The van der Waals surface area contributed by atoms with Crippen molar-refractivity contribution in [2.24, 2.45) is 5.92 Å². The number of benzene rings is 1. The summed E-state index contributed by atoms with van der Waals surface area (Å²) >= 11 is 0. The van der Waals surface area contributed by atoms with Gasteiger partial charge in [-0.1, -0.05) is 26.0 Å². The van der Waals surface area contributed by atoms with Crippen molar-refractivity contribution >= 4 is 5.91 Å². The van der Waals surface area contributed by atoms with Gasteiger partial charge in [0.15, 0.2) is 0 Å². The van der Waals surface area contributed by atoms with E-state index in [4.69, 9.17) is 0 Å². The molecule has 3 nitrogen and oxygen atoms in total. The number of nitrogens with zero attached hydrogens (tertiary/aromatic N) is 1. The fourth-order valence-electron chi connectivity index (χ4n) is 2.79. The summed E-state index contributed by atoms with van der Waals surface area (Å²) in [5.41, 5.74) is 0.752. The molecule has 1 amide bonds. The van der Waals surface area contributed by atoms with Crippen LogP contribution in [-0.4, -0.2) is 36.5 Å². The highest BCUT2D eigenvalue weighted by molar-refractivity contribution is 5.78. The molecule has 1 N–H and O–H groups in total. The Morgan fingerprint density at radius 3 is 3.00 bits per heavy atom. The number of amides is 1. The maximum Gasteiger partial charge on any atom is 0.227 e. The molecule has 21 heavy (non-hydrogen) atoms. The minimum atomic E-state index is -0.280. The summed E-state index contributed by atoms with van der Waals surface area (Å²) in [6.45, 7) is 6.87. The molecule has 0 radical (unpaired) electrons. The molecule has 0 spiro atoms. The average molecular weight is 292 g/mol. The Kier molecular flexibility index (Phi) is 5.74. The lowest BCUT2D eigenvalue weighted by Gasteiger charge is -2.33. The molecule has 116 valence electrons. The van der Waals surface area contributed by atoms with Crippen LogP contribution in [0.25, 0.3) is 0 Å². The van der Waals surface area contributed by atoms with E-state index in [9.17, 15) is 9.18 Å². The smallest absolute Gasteiger partial charge is 0.227 e. The zero-order chi connectivity index (χ0) is 15.2. The van der Waals surface area contributed by atoms with Crippen molar-refractivity contribution in [1.29, 1.82) is 0 Å². The molecule has 2 rings (SSSR count). The molecule has 1 aliphatic rings. The Labute approximate surface area is 126 Å². The molecule has 0 aliphatic carbocycles. The first-order chi connectivity index (χ1) is 10.0. The lowest BCUT2D eigenvalue weighted by molar-refractivity contribution is -0.132. The fourth-order valence-corrected chi connectivity index (χ4v) is 2.79. The van der Waals surface area contributed by atoms with Gasteiger partial charge in [-0.15, -0.1) is 0 Å². The van der Waals surface area contributed by atoms with Gasteiger partial charge in [-0.05, 0) is 43.0 Å². The standard InChI is InChI=1S/C17H25FN2O/c1-13(2)19-11-15-6-4-8-20(12-15)17(21)10-14-5-3-7-16(18)9-14/h3,5,7,9,13,15,19H,4,6,8,10-12H2,1-2H3. The molecule has 1 unspecified atom stereocenters. The summed E-state index contributed by atoms with van der Waals surface area (Å²) in [6, 6.07) is 6.79. The van der Waals surface area contributed by atoms with Crippen molar-refractivity contribution in [3.63, 3.8) is 0 Å². The maximum absolute atomic E-state index is 13.2. The molecule has 4 heteroatoms. The summed E-state index contributed by atoms with van der Waals surface area (Å²) in [6.07, 6.45) is 2.52. The number of hydrogen-bond donors (Lipinski definition) is 1. The second-order valence-electron chi connectivity index (χ2n) is 6.22. The van der Waals surface area contributed by atoms with Crippen molar-refractivity contribution in [3.8, 4) is 0 Å². The molecule has 0 bridgehead atoms. The SMILES string of the molecule is CC(C)NCC1CCCN(C(=O)Cc2cccc(F)c2)C1. The number of carbonyl (C=O) groups excluding carboxylic acids is 1. The van der Waals surface area contributed by atoms with Crippen LogP contribution >= 0.6 is 0 Å². The molecule has 1 aromatic rings. The van der Waals surface area contributed by atoms with Gasteiger partial charge in [0, 0.05) is 19.1 Å². The van der Waals surface area contributed by atoms with Gasteiger partial charge in [0.25, 0.3) is 0 Å². The number of hydrogen-bond acceptors (Lipinski definition) is 2. The van der Waals surface area contributed by atoms with E-state index in [1.54, 1.807) is 6.07 Å². The predicted octanol–water partition coefficient (Wildman–Crippen LogP) is 2.60. The zero-order valence-electron chi connectivity index (χ0n) is 12.9. The van der Waals surface area contributed by atoms with Crippen LogP contribution in [0.15, 0.2) is 24.3 Å². The molecule has 1 aliphatic heterocycles. The van der Waals surface area contributed by atoms with E-state index in [-0.39, 0.29) is 11.7 Å². The molecular weight excluding hydrogens is 267 g/mol. The van der Waals surface area contributed by atoms with Crippen LogP contribution in [-0.2, 0) is 11.2 Å². The molecule has 0 saturated carbocycles. The number of halogens is 1. The van der Waals surface area contributed by atoms with Crippen molar-refractivity contribution in [2.45, 2.75) is 39.2 Å². The van der Waals surface area contributed by atoms with Gasteiger partial charge in [0.1, 0.15) is 5.82 Å². The lowest BCUT2D eigenvalue weighted by atomic mass is 9.97. The number of rotatable bonds is 5. The van der Waals surface area contributed by atoms with Gasteiger partial charge in [0.2, 0.25) is 5.91 Å². The predicted molar refractivity (Wildman–Crippen MR) is 82.5 cm³/mol. The second-order valence-corrected chi connectivity index (χ2v) is 6.22. The second kappa shape index (κ2) is 7.55. The third-order valence-corrected chi connectivity index (χ3v) is 3.93. The summed E-state index contributed by atoms with van der Waals surface area (Å²) < 4.78 is 13.2. The van der Waals surface area contributed by atoms with Crippen LogP contribution in [0.5, 0.6) is 0 Å². The molecule has 1 aromatic carbocycles. The topological polar surface area (TPSA) is 32.3 Å². The van der Waals surface area contributed by atoms with Crippen molar-refractivity contribution < 1.29 is 9.18 Å². The van der Waals surface area contributed by atoms with Gasteiger partial charge in [-0.25, -0.2) is 4.39 Å². The third-order valence-electron chi connectivity index (χ3n) is 3.93. The van der Waals surface area contributed by atoms with Crippen LogP contribution in [0.3, 0.4) is 0 Å². The highest BCUT2D eigenvalue weighted by atomic mass is 19.1. The molecular formula is C17H25FN2O. The Morgan fingerprint density at radius 1 is 1.48 bits per heavy atom. The van der Waals surface area contributed by atoms with Gasteiger partial charge in [-0.3, -0.25) is 4.79 Å². The number of piperidine rings is 1. The van der Waals surface area contributed by atoms with Crippen LogP contribution in [0.4, 0.5) is 4.39 Å². The molecule has 0 aromatic heterocycles. The first kappa shape index (κ1) is 16.0. The minimum absolute atomic E-state index is 0.106. The average Bonchev–Trinajstić information content (AvgIpc) is 2.45. The van der Waals surface area contributed by atoms with Crippen LogP contribution in [0.2, 0.25) is 0 Å². The molecule has 1 fully saturated rings. The van der Waals surface area contributed by atoms with Gasteiger partial charge in [-0.2, -0.15) is 0 Å². The van der Waals surface area contributed by atoms with E-state index in [1.807, 2.05) is 11.0 Å². The lowest BCUT2D eigenvalue weighted by Crippen LogP contribution is -2.44. The molecule has 1 saturated heterocycles. The van der Waals surface area contributed by atoms with Crippen molar-refractivity contribution in [3.05, 3.63) is 35.6 Å². The number of nitrogens with one attached hydrogen (secondary N) is 1. The summed E-state index contributed by atoms with van der Waals surface area (Å²) in [5, 5.41) is 3.44. The Bertz CT molecular complexity index is 476.